The zero-order chi connectivity index (χ0) is 18.6. The van der Waals surface area contributed by atoms with Crippen molar-refractivity contribution in [1.29, 1.82) is 0 Å². The summed E-state index contributed by atoms with van der Waals surface area (Å²) in [5.41, 5.74) is 1.98. The molecule has 0 bridgehead atoms. The molecule has 5 heteroatoms. The Morgan fingerprint density at radius 2 is 1.67 bits per heavy atom. The molecule has 0 unspecified atom stereocenters. The Hall–Kier alpha value is -2.92. The number of benzene rings is 2. The first-order chi connectivity index (χ1) is 13.2. The van der Waals surface area contributed by atoms with Gasteiger partial charge in [-0.05, 0) is 61.3 Å². The maximum absolute atomic E-state index is 12.7. The van der Waals surface area contributed by atoms with Gasteiger partial charge in [-0.1, -0.05) is 30.4 Å². The van der Waals surface area contributed by atoms with Crippen LogP contribution in [0.3, 0.4) is 0 Å². The minimum atomic E-state index is -0.0271. The Morgan fingerprint density at radius 3 is 2.44 bits per heavy atom. The van der Waals surface area contributed by atoms with Gasteiger partial charge in [-0.3, -0.25) is 4.79 Å². The van der Waals surface area contributed by atoms with Crippen LogP contribution in [-0.4, -0.2) is 39.4 Å². The summed E-state index contributed by atoms with van der Waals surface area (Å²) >= 11 is 0. The molecule has 2 aromatic carbocycles. The van der Waals surface area contributed by atoms with Crippen molar-refractivity contribution in [2.75, 3.05) is 19.6 Å². The van der Waals surface area contributed by atoms with Gasteiger partial charge >= 0.3 is 0 Å². The molecule has 27 heavy (non-hydrogen) atoms. The molecule has 1 aliphatic rings. The predicted molar refractivity (Wildman–Crippen MR) is 109 cm³/mol. The molecule has 2 heterocycles. The lowest BCUT2D eigenvalue weighted by atomic mass is 10.1. The molecular weight excluding hydrogens is 338 g/mol. The first kappa shape index (κ1) is 17.5. The molecule has 4 rings (SSSR count). The number of rotatable bonds is 5. The standard InChI is InChI=1S/C22H23N3O2/c26-20-8-5-17(6-9-20)3-4-18-7-10-21-19(15-18)16-23-25(22(21)27)14-13-24-11-1-2-12-24/h3-10,15-16,26H,1-2,11-14H2/b4-3+. The van der Waals surface area contributed by atoms with Gasteiger partial charge in [0.25, 0.3) is 5.56 Å². The van der Waals surface area contributed by atoms with Crippen LogP contribution >= 0.6 is 0 Å². The number of aromatic nitrogens is 2. The third-order valence-electron chi connectivity index (χ3n) is 5.06. The van der Waals surface area contributed by atoms with Gasteiger partial charge in [0.05, 0.1) is 18.1 Å². The van der Waals surface area contributed by atoms with Crippen LogP contribution in [0.4, 0.5) is 0 Å². The Morgan fingerprint density at radius 1 is 0.963 bits per heavy atom. The normalized spacial score (nSPS) is 15.1. The molecule has 5 nitrogen and oxygen atoms in total. The number of aromatic hydroxyl groups is 1. The van der Waals surface area contributed by atoms with Gasteiger partial charge in [0.1, 0.15) is 5.75 Å². The van der Waals surface area contributed by atoms with E-state index in [1.165, 1.54) is 12.8 Å². The monoisotopic (exact) mass is 361 g/mol. The number of fused-ring (bicyclic) bond motifs is 1. The van der Waals surface area contributed by atoms with Crippen LogP contribution in [0.2, 0.25) is 0 Å². The lowest BCUT2D eigenvalue weighted by molar-refractivity contribution is 0.313. The van der Waals surface area contributed by atoms with Gasteiger partial charge in [0, 0.05) is 11.9 Å². The molecule has 138 valence electrons. The van der Waals surface area contributed by atoms with E-state index in [1.807, 2.05) is 42.5 Å². The van der Waals surface area contributed by atoms with E-state index in [0.29, 0.717) is 11.9 Å². The van der Waals surface area contributed by atoms with Gasteiger partial charge in [-0.15, -0.1) is 0 Å². The van der Waals surface area contributed by atoms with Crippen LogP contribution in [0.15, 0.2) is 53.5 Å². The second-order valence-electron chi connectivity index (χ2n) is 6.99. The summed E-state index contributed by atoms with van der Waals surface area (Å²) < 4.78 is 1.58. The first-order valence-electron chi connectivity index (χ1n) is 9.38. The lowest BCUT2D eigenvalue weighted by Crippen LogP contribution is -2.30. The Balaban J connectivity index is 1.53. The molecular formula is C22H23N3O2. The molecule has 0 spiro atoms. The highest BCUT2D eigenvalue weighted by molar-refractivity contribution is 5.84. The summed E-state index contributed by atoms with van der Waals surface area (Å²) in [6.45, 7) is 3.77. The molecule has 1 saturated heterocycles. The van der Waals surface area contributed by atoms with Crippen LogP contribution in [0.5, 0.6) is 5.75 Å². The zero-order valence-electron chi connectivity index (χ0n) is 15.2. The lowest BCUT2D eigenvalue weighted by Gasteiger charge is -2.14. The van der Waals surface area contributed by atoms with Crippen molar-refractivity contribution in [3.8, 4) is 5.75 Å². The summed E-state index contributed by atoms with van der Waals surface area (Å²) in [5.74, 6) is 0.255. The van der Waals surface area contributed by atoms with Crippen LogP contribution in [0.25, 0.3) is 22.9 Å². The van der Waals surface area contributed by atoms with Crippen molar-refractivity contribution in [2.24, 2.45) is 0 Å². The average Bonchev–Trinajstić information content (AvgIpc) is 3.21. The Bertz CT molecular complexity index is 1020. The number of phenols is 1. The highest BCUT2D eigenvalue weighted by atomic mass is 16.3. The van der Waals surface area contributed by atoms with Crippen molar-refractivity contribution in [2.45, 2.75) is 19.4 Å². The van der Waals surface area contributed by atoms with Gasteiger partial charge in [-0.2, -0.15) is 5.10 Å². The summed E-state index contributed by atoms with van der Waals surface area (Å²) in [6.07, 6.45) is 8.25. The minimum absolute atomic E-state index is 0.0271. The summed E-state index contributed by atoms with van der Waals surface area (Å²) in [6, 6.07) is 12.8. The van der Waals surface area contributed by atoms with Gasteiger partial charge in [0.2, 0.25) is 0 Å². The van der Waals surface area contributed by atoms with E-state index in [1.54, 1.807) is 23.0 Å². The van der Waals surface area contributed by atoms with E-state index in [2.05, 4.69) is 10.00 Å². The van der Waals surface area contributed by atoms with Crippen LogP contribution in [-0.2, 0) is 6.54 Å². The van der Waals surface area contributed by atoms with Gasteiger partial charge in [-0.25, -0.2) is 4.68 Å². The molecule has 0 saturated carbocycles. The number of phenolic OH excluding ortho intramolecular Hbond substituents is 1. The topological polar surface area (TPSA) is 58.4 Å². The highest BCUT2D eigenvalue weighted by Crippen LogP contribution is 2.16. The Labute approximate surface area is 158 Å². The minimum Gasteiger partial charge on any atom is -0.508 e. The van der Waals surface area contributed by atoms with Crippen molar-refractivity contribution >= 4 is 22.9 Å². The smallest absolute Gasteiger partial charge is 0.274 e. The van der Waals surface area contributed by atoms with Gasteiger partial charge in [0.15, 0.2) is 0 Å². The maximum atomic E-state index is 12.7. The molecule has 0 radical (unpaired) electrons. The van der Waals surface area contributed by atoms with Gasteiger partial charge < -0.3 is 10.0 Å². The SMILES string of the molecule is O=c1c2ccc(/C=C/c3ccc(O)cc3)cc2cnn1CCN1CCCC1. The predicted octanol–water partition coefficient (Wildman–Crippen LogP) is 3.37. The summed E-state index contributed by atoms with van der Waals surface area (Å²) in [4.78, 5) is 15.1. The van der Waals surface area contributed by atoms with Crippen molar-refractivity contribution in [1.82, 2.24) is 14.7 Å². The fourth-order valence-electron chi connectivity index (χ4n) is 3.49. The van der Waals surface area contributed by atoms with Crippen LogP contribution in [0.1, 0.15) is 24.0 Å². The number of likely N-dealkylation sites (tertiary alicyclic amines) is 1. The average molecular weight is 361 g/mol. The molecule has 1 aliphatic heterocycles. The van der Waals surface area contributed by atoms with Crippen molar-refractivity contribution in [3.05, 3.63) is 70.1 Å². The highest BCUT2D eigenvalue weighted by Gasteiger charge is 2.12. The Kier molecular flexibility index (Phi) is 5.03. The summed E-state index contributed by atoms with van der Waals surface area (Å²) in [7, 11) is 0. The third kappa shape index (κ3) is 4.09. The molecule has 0 amide bonds. The number of hydrogen-bond donors (Lipinski definition) is 1. The van der Waals surface area contributed by atoms with Crippen LogP contribution < -0.4 is 5.56 Å². The van der Waals surface area contributed by atoms with E-state index in [0.717, 1.165) is 36.1 Å². The maximum Gasteiger partial charge on any atom is 0.274 e. The van der Waals surface area contributed by atoms with Crippen molar-refractivity contribution < 1.29 is 5.11 Å². The molecule has 3 aromatic rings. The fourth-order valence-corrected chi connectivity index (χ4v) is 3.49. The van der Waals surface area contributed by atoms with E-state index in [9.17, 15) is 9.90 Å². The molecule has 1 aromatic heterocycles. The van der Waals surface area contributed by atoms with Crippen LogP contribution in [0, 0.1) is 0 Å². The number of hydrogen-bond acceptors (Lipinski definition) is 4. The largest absolute Gasteiger partial charge is 0.508 e. The first-order valence-corrected chi connectivity index (χ1v) is 9.38. The molecule has 1 N–H and O–H groups in total. The van der Waals surface area contributed by atoms with E-state index >= 15 is 0 Å². The molecule has 0 atom stereocenters. The fraction of sp³-hybridized carbons (Fsp3) is 0.273. The second-order valence-corrected chi connectivity index (χ2v) is 6.99. The second kappa shape index (κ2) is 7.76. The molecule has 1 fully saturated rings. The zero-order valence-corrected chi connectivity index (χ0v) is 15.2. The quantitative estimate of drug-likeness (QED) is 0.708. The van der Waals surface area contributed by atoms with E-state index < -0.39 is 0 Å². The third-order valence-corrected chi connectivity index (χ3v) is 5.06. The summed E-state index contributed by atoms with van der Waals surface area (Å²) in [5, 5.41) is 15.3. The van der Waals surface area contributed by atoms with E-state index in [4.69, 9.17) is 0 Å². The van der Waals surface area contributed by atoms with Crippen molar-refractivity contribution in [3.63, 3.8) is 0 Å². The molecule has 0 aliphatic carbocycles. The number of nitrogens with zero attached hydrogens (tertiary/aromatic N) is 3. The van der Waals surface area contributed by atoms with E-state index in [-0.39, 0.29) is 11.3 Å².